The molecule has 1 aromatic rings. The van der Waals surface area contributed by atoms with Gasteiger partial charge in [-0.15, -0.1) is 0 Å². The summed E-state index contributed by atoms with van der Waals surface area (Å²) in [4.78, 5) is 2.44. The summed E-state index contributed by atoms with van der Waals surface area (Å²) in [6, 6.07) is 6.50. The number of nitrogens with zero attached hydrogens (tertiary/aromatic N) is 1. The van der Waals surface area contributed by atoms with E-state index in [1.807, 2.05) is 0 Å². The van der Waals surface area contributed by atoms with Gasteiger partial charge in [0.15, 0.2) is 0 Å². The van der Waals surface area contributed by atoms with Gasteiger partial charge in [-0.2, -0.15) is 0 Å². The van der Waals surface area contributed by atoms with Crippen molar-refractivity contribution in [2.75, 3.05) is 23.7 Å². The zero-order chi connectivity index (χ0) is 10.7. The molecule has 1 aliphatic rings. The third kappa shape index (κ3) is 2.25. The third-order valence-corrected chi connectivity index (χ3v) is 3.23. The number of nitrogen functional groups attached to an aromatic ring is 1. The predicted octanol–water partition coefficient (Wildman–Crippen LogP) is 2.82. The van der Waals surface area contributed by atoms with E-state index in [2.05, 4.69) is 30.0 Å². The molecule has 0 aromatic heterocycles. The van der Waals surface area contributed by atoms with E-state index in [0.717, 1.165) is 12.1 Å². The highest BCUT2D eigenvalue weighted by molar-refractivity contribution is 5.60. The topological polar surface area (TPSA) is 29.3 Å². The van der Waals surface area contributed by atoms with Gasteiger partial charge < -0.3 is 10.6 Å². The van der Waals surface area contributed by atoms with Crippen molar-refractivity contribution in [2.24, 2.45) is 0 Å². The van der Waals surface area contributed by atoms with Crippen LogP contribution in [0.2, 0.25) is 0 Å². The van der Waals surface area contributed by atoms with Gasteiger partial charge in [-0.3, -0.25) is 0 Å². The molecule has 0 saturated carbocycles. The van der Waals surface area contributed by atoms with Crippen molar-refractivity contribution in [2.45, 2.75) is 32.6 Å². The van der Waals surface area contributed by atoms with Gasteiger partial charge in [0.2, 0.25) is 0 Å². The molecule has 0 atom stereocenters. The molecule has 0 aliphatic carbocycles. The number of rotatable bonds is 2. The molecule has 0 bridgehead atoms. The van der Waals surface area contributed by atoms with Crippen LogP contribution in [0.25, 0.3) is 0 Å². The minimum atomic E-state index is 0.945. The number of anilines is 2. The molecule has 1 fully saturated rings. The number of nitrogens with two attached hydrogens (primary N) is 1. The molecular weight excluding hydrogens is 184 g/mol. The molecule has 82 valence electrons. The Morgan fingerprint density at radius 3 is 2.53 bits per heavy atom. The maximum atomic E-state index is 6.01. The number of benzene rings is 1. The SMILES string of the molecule is CCc1ccc(N2CCCCC2)cc1N. The monoisotopic (exact) mass is 204 g/mol. The summed E-state index contributed by atoms with van der Waals surface area (Å²) in [5.74, 6) is 0. The van der Waals surface area contributed by atoms with Crippen LogP contribution < -0.4 is 10.6 Å². The molecule has 2 N–H and O–H groups in total. The molecule has 2 heteroatoms. The van der Waals surface area contributed by atoms with Gasteiger partial charge in [0.05, 0.1) is 0 Å². The highest BCUT2D eigenvalue weighted by Crippen LogP contribution is 2.24. The number of hydrogen-bond donors (Lipinski definition) is 1. The summed E-state index contributed by atoms with van der Waals surface area (Å²) in [6.07, 6.45) is 5.02. The molecule has 0 amide bonds. The van der Waals surface area contributed by atoms with Crippen LogP contribution >= 0.6 is 0 Å². The quantitative estimate of drug-likeness (QED) is 0.751. The van der Waals surface area contributed by atoms with E-state index in [1.54, 1.807) is 0 Å². The second kappa shape index (κ2) is 4.56. The Labute approximate surface area is 92.1 Å². The Balaban J connectivity index is 2.17. The van der Waals surface area contributed by atoms with Gasteiger partial charge in [-0.05, 0) is 43.4 Å². The average molecular weight is 204 g/mol. The Morgan fingerprint density at radius 2 is 1.93 bits per heavy atom. The van der Waals surface area contributed by atoms with Crippen LogP contribution in [0.4, 0.5) is 11.4 Å². The first kappa shape index (κ1) is 10.3. The maximum Gasteiger partial charge on any atom is 0.0387 e. The van der Waals surface area contributed by atoms with Crippen LogP contribution in [0, 0.1) is 0 Å². The highest BCUT2D eigenvalue weighted by atomic mass is 15.1. The van der Waals surface area contributed by atoms with Crippen LogP contribution in [0.5, 0.6) is 0 Å². The number of hydrogen-bond acceptors (Lipinski definition) is 2. The molecule has 0 radical (unpaired) electrons. The molecular formula is C13H20N2. The zero-order valence-corrected chi connectivity index (χ0v) is 9.50. The molecule has 1 aromatic carbocycles. The smallest absolute Gasteiger partial charge is 0.0387 e. The van der Waals surface area contributed by atoms with Crippen LogP contribution in [0.1, 0.15) is 31.7 Å². The summed E-state index contributed by atoms with van der Waals surface area (Å²) in [5, 5.41) is 0. The zero-order valence-electron chi connectivity index (χ0n) is 9.50. The third-order valence-electron chi connectivity index (χ3n) is 3.23. The molecule has 0 spiro atoms. The van der Waals surface area contributed by atoms with E-state index in [1.165, 1.54) is 43.6 Å². The molecule has 15 heavy (non-hydrogen) atoms. The predicted molar refractivity (Wildman–Crippen MR) is 66.3 cm³/mol. The fraction of sp³-hybridized carbons (Fsp3) is 0.538. The lowest BCUT2D eigenvalue weighted by atomic mass is 10.1. The van der Waals surface area contributed by atoms with Crippen LogP contribution in [0.15, 0.2) is 18.2 Å². The first-order valence-electron chi connectivity index (χ1n) is 5.94. The highest BCUT2D eigenvalue weighted by Gasteiger charge is 2.11. The van der Waals surface area contributed by atoms with E-state index in [4.69, 9.17) is 5.73 Å². The van der Waals surface area contributed by atoms with Gasteiger partial charge in [0.1, 0.15) is 0 Å². The lowest BCUT2D eigenvalue weighted by molar-refractivity contribution is 0.578. The minimum Gasteiger partial charge on any atom is -0.398 e. The van der Waals surface area contributed by atoms with Crippen LogP contribution in [0.3, 0.4) is 0 Å². The van der Waals surface area contributed by atoms with Gasteiger partial charge in [0, 0.05) is 24.5 Å². The average Bonchev–Trinajstić information content (AvgIpc) is 2.30. The Kier molecular flexibility index (Phi) is 3.14. The summed E-state index contributed by atoms with van der Waals surface area (Å²) in [5.41, 5.74) is 9.51. The molecule has 1 aliphatic heterocycles. The fourth-order valence-electron chi connectivity index (χ4n) is 2.25. The summed E-state index contributed by atoms with van der Waals surface area (Å²) >= 11 is 0. The van der Waals surface area contributed by atoms with Crippen molar-refractivity contribution in [3.05, 3.63) is 23.8 Å². The summed E-state index contributed by atoms with van der Waals surface area (Å²) in [6.45, 7) is 4.52. The Bertz CT molecular complexity index is 327. The molecule has 1 heterocycles. The van der Waals surface area contributed by atoms with Gasteiger partial charge in [-0.25, -0.2) is 0 Å². The van der Waals surface area contributed by atoms with Crippen LogP contribution in [-0.4, -0.2) is 13.1 Å². The number of aryl methyl sites for hydroxylation is 1. The summed E-state index contributed by atoms with van der Waals surface area (Å²) < 4.78 is 0. The van der Waals surface area contributed by atoms with E-state index in [-0.39, 0.29) is 0 Å². The van der Waals surface area contributed by atoms with E-state index in [0.29, 0.717) is 0 Å². The van der Waals surface area contributed by atoms with Gasteiger partial charge in [-0.1, -0.05) is 13.0 Å². The van der Waals surface area contributed by atoms with Crippen molar-refractivity contribution in [3.63, 3.8) is 0 Å². The van der Waals surface area contributed by atoms with Crippen molar-refractivity contribution in [3.8, 4) is 0 Å². The fourth-order valence-corrected chi connectivity index (χ4v) is 2.25. The molecule has 2 rings (SSSR count). The molecule has 0 unspecified atom stereocenters. The lowest BCUT2D eigenvalue weighted by Gasteiger charge is -2.29. The lowest BCUT2D eigenvalue weighted by Crippen LogP contribution is -2.29. The van der Waals surface area contributed by atoms with Crippen molar-refractivity contribution in [1.29, 1.82) is 0 Å². The summed E-state index contributed by atoms with van der Waals surface area (Å²) in [7, 11) is 0. The second-order valence-corrected chi connectivity index (χ2v) is 4.28. The molecule has 2 nitrogen and oxygen atoms in total. The Hall–Kier alpha value is -1.18. The van der Waals surface area contributed by atoms with E-state index < -0.39 is 0 Å². The van der Waals surface area contributed by atoms with Crippen molar-refractivity contribution >= 4 is 11.4 Å². The molecule has 1 saturated heterocycles. The van der Waals surface area contributed by atoms with E-state index >= 15 is 0 Å². The maximum absolute atomic E-state index is 6.01. The van der Waals surface area contributed by atoms with Crippen molar-refractivity contribution < 1.29 is 0 Å². The van der Waals surface area contributed by atoms with Gasteiger partial charge >= 0.3 is 0 Å². The van der Waals surface area contributed by atoms with Crippen LogP contribution in [-0.2, 0) is 6.42 Å². The van der Waals surface area contributed by atoms with Crippen molar-refractivity contribution in [1.82, 2.24) is 0 Å². The first-order chi connectivity index (χ1) is 7.31. The normalized spacial score (nSPS) is 16.7. The first-order valence-corrected chi connectivity index (χ1v) is 5.94. The standard InChI is InChI=1S/C13H20N2/c1-2-11-6-7-12(10-13(11)14)15-8-4-3-5-9-15/h6-7,10H,2-5,8-9,14H2,1H3. The largest absolute Gasteiger partial charge is 0.398 e. The minimum absolute atomic E-state index is 0.945. The number of piperidine rings is 1. The Morgan fingerprint density at radius 1 is 1.20 bits per heavy atom. The van der Waals surface area contributed by atoms with E-state index in [9.17, 15) is 0 Å². The second-order valence-electron chi connectivity index (χ2n) is 4.28. The van der Waals surface area contributed by atoms with Gasteiger partial charge in [0.25, 0.3) is 0 Å².